The number of benzene rings is 8. The number of aromatic nitrogens is 2. The van der Waals surface area contributed by atoms with E-state index in [0.717, 1.165) is 55.6 Å². The number of nitrogens with zero attached hydrogens (tertiary/aromatic N) is 2. The topological polar surface area (TPSA) is 31.0 Å². The highest BCUT2D eigenvalue weighted by Gasteiger charge is 2.23. The lowest BCUT2D eigenvalue weighted by atomic mass is 9.84. The predicted octanol–water partition coefficient (Wildman–Crippen LogP) is 12.2. The number of hydrogen-bond donors (Lipinski definition) is 0. The summed E-state index contributed by atoms with van der Waals surface area (Å²) in [7, 11) is 0. The summed E-state index contributed by atoms with van der Waals surface area (Å²) in [5.41, 5.74) is 10.8. The largest absolute Gasteiger partial charge is 0.456 e. The van der Waals surface area contributed by atoms with Crippen molar-refractivity contribution in [3.8, 4) is 39.3 Å². The van der Waals surface area contributed by atoms with Gasteiger partial charge in [-0.25, -0.2) is 4.98 Å². The molecule has 0 radical (unpaired) electrons. The maximum atomic E-state index is 6.36. The van der Waals surface area contributed by atoms with Crippen LogP contribution >= 0.6 is 0 Å². The lowest BCUT2D eigenvalue weighted by Crippen LogP contribution is -2.01. The Morgan fingerprint density at radius 1 is 0.417 bits per heavy atom. The van der Waals surface area contributed by atoms with Gasteiger partial charge >= 0.3 is 0 Å². The van der Waals surface area contributed by atoms with Crippen LogP contribution < -0.4 is 0 Å². The molecule has 8 aromatic carbocycles. The summed E-state index contributed by atoms with van der Waals surface area (Å²) < 4.78 is 8.69. The van der Waals surface area contributed by atoms with Gasteiger partial charge in [0, 0.05) is 21.9 Å². The van der Waals surface area contributed by atoms with Crippen molar-refractivity contribution in [1.82, 2.24) is 9.55 Å². The zero-order chi connectivity index (χ0) is 31.6. The van der Waals surface area contributed by atoms with Crippen LogP contribution in [0.3, 0.4) is 0 Å². The second-order valence-electron chi connectivity index (χ2n) is 12.3. The highest BCUT2D eigenvalue weighted by atomic mass is 16.3. The van der Waals surface area contributed by atoms with Gasteiger partial charge in [-0.3, -0.25) is 4.57 Å². The predicted molar refractivity (Wildman–Crippen MR) is 200 cm³/mol. The summed E-state index contributed by atoms with van der Waals surface area (Å²) in [5, 5.41) is 7.10. The lowest BCUT2D eigenvalue weighted by Gasteiger charge is -2.21. The maximum absolute atomic E-state index is 6.36. The molecule has 0 aliphatic carbocycles. The fourth-order valence-electron chi connectivity index (χ4n) is 7.62. The zero-order valence-electron chi connectivity index (χ0n) is 26.0. The van der Waals surface area contributed by atoms with Crippen LogP contribution in [0.1, 0.15) is 0 Å². The summed E-state index contributed by atoms with van der Waals surface area (Å²) in [5.74, 6) is 0.924. The third-order valence-corrected chi connectivity index (χ3v) is 9.61. The van der Waals surface area contributed by atoms with Crippen molar-refractivity contribution in [2.75, 3.05) is 0 Å². The lowest BCUT2D eigenvalue weighted by molar-refractivity contribution is 0.669. The van der Waals surface area contributed by atoms with Gasteiger partial charge in [0.1, 0.15) is 17.0 Å². The number of imidazole rings is 1. The number of rotatable bonds is 4. The molecule has 0 aliphatic rings. The SMILES string of the molecule is c1ccc(-c2nc3ccccc3n2-c2ccccc2-c2c3ccccc3c(-c3cccc4oc5ccccc5c34)c3ccccc23)cc1. The first-order valence-corrected chi connectivity index (χ1v) is 16.3. The van der Waals surface area contributed by atoms with Crippen molar-refractivity contribution in [2.45, 2.75) is 0 Å². The van der Waals surface area contributed by atoms with Gasteiger partial charge in [0.05, 0.1) is 16.7 Å². The van der Waals surface area contributed by atoms with Crippen molar-refractivity contribution < 1.29 is 4.42 Å². The molecule has 10 rings (SSSR count). The first-order chi connectivity index (χ1) is 23.8. The molecule has 0 spiro atoms. The van der Waals surface area contributed by atoms with Crippen LogP contribution in [-0.2, 0) is 0 Å². The van der Waals surface area contributed by atoms with E-state index in [1.807, 2.05) is 6.07 Å². The number of furan rings is 1. The molecule has 10 aromatic rings. The molecule has 224 valence electrons. The van der Waals surface area contributed by atoms with E-state index in [4.69, 9.17) is 9.40 Å². The van der Waals surface area contributed by atoms with Gasteiger partial charge < -0.3 is 4.42 Å². The third kappa shape index (κ3) is 3.91. The molecule has 0 bridgehead atoms. The van der Waals surface area contributed by atoms with Gasteiger partial charge in [-0.2, -0.15) is 0 Å². The van der Waals surface area contributed by atoms with Gasteiger partial charge in [0.15, 0.2) is 0 Å². The van der Waals surface area contributed by atoms with E-state index in [0.29, 0.717) is 0 Å². The average molecular weight is 613 g/mol. The van der Waals surface area contributed by atoms with Crippen molar-refractivity contribution in [3.63, 3.8) is 0 Å². The van der Waals surface area contributed by atoms with E-state index in [1.54, 1.807) is 0 Å². The molecular weight excluding hydrogens is 585 g/mol. The third-order valence-electron chi connectivity index (χ3n) is 9.61. The van der Waals surface area contributed by atoms with Gasteiger partial charge in [0.25, 0.3) is 0 Å². The van der Waals surface area contributed by atoms with E-state index >= 15 is 0 Å². The van der Waals surface area contributed by atoms with Crippen molar-refractivity contribution in [3.05, 3.63) is 170 Å². The Kier molecular flexibility index (Phi) is 5.87. The fourth-order valence-corrected chi connectivity index (χ4v) is 7.62. The minimum atomic E-state index is 0.900. The molecule has 3 nitrogen and oxygen atoms in total. The van der Waals surface area contributed by atoms with Crippen LogP contribution in [0.25, 0.3) is 93.8 Å². The molecule has 0 saturated heterocycles. The monoisotopic (exact) mass is 612 g/mol. The molecule has 48 heavy (non-hydrogen) atoms. The minimum absolute atomic E-state index is 0.900. The Morgan fingerprint density at radius 2 is 0.958 bits per heavy atom. The standard InChI is InChI=1S/C45H28N2O/c1-2-15-29(16-3-1)45-46-37-24-10-12-26-39(37)47(45)38-25-11-8-21-34(38)42-30-17-4-6-19-32(30)43(33-20-7-5-18-31(33)42)36-23-14-28-41-44(36)35-22-9-13-27-40(35)48-41/h1-28H. The molecule has 0 aliphatic heterocycles. The van der Waals surface area contributed by atoms with E-state index in [2.05, 4.69) is 168 Å². The Hall–Kier alpha value is -6.45. The fraction of sp³-hybridized carbons (Fsp3) is 0. The molecule has 0 N–H and O–H groups in total. The van der Waals surface area contributed by atoms with Crippen molar-refractivity contribution in [2.24, 2.45) is 0 Å². The molecule has 3 heteroatoms. The number of hydrogen-bond acceptors (Lipinski definition) is 2. The van der Waals surface area contributed by atoms with Crippen molar-refractivity contribution >= 4 is 54.5 Å². The van der Waals surface area contributed by atoms with E-state index in [-0.39, 0.29) is 0 Å². The Bertz CT molecular complexity index is 2780. The van der Waals surface area contributed by atoms with Gasteiger partial charge in [0.2, 0.25) is 0 Å². The molecule has 0 atom stereocenters. The second kappa shape index (κ2) is 10.5. The normalized spacial score (nSPS) is 11.8. The Morgan fingerprint density at radius 3 is 1.71 bits per heavy atom. The number of fused-ring (bicyclic) bond motifs is 6. The van der Waals surface area contributed by atoms with Gasteiger partial charge in [-0.05, 0) is 68.6 Å². The zero-order valence-corrected chi connectivity index (χ0v) is 26.0. The average Bonchev–Trinajstić information content (AvgIpc) is 3.73. The summed E-state index contributed by atoms with van der Waals surface area (Å²) >= 11 is 0. The van der Waals surface area contributed by atoms with E-state index in [1.165, 1.54) is 38.2 Å². The smallest absolute Gasteiger partial charge is 0.145 e. The molecular formula is C45H28N2O. The Balaban J connectivity index is 1.33. The van der Waals surface area contributed by atoms with E-state index in [9.17, 15) is 0 Å². The molecule has 0 saturated carbocycles. The molecule has 2 aromatic heterocycles. The van der Waals surface area contributed by atoms with Crippen LogP contribution in [0, 0.1) is 0 Å². The molecule has 0 unspecified atom stereocenters. The number of para-hydroxylation sites is 4. The second-order valence-corrected chi connectivity index (χ2v) is 12.3. The highest BCUT2D eigenvalue weighted by molar-refractivity contribution is 6.26. The van der Waals surface area contributed by atoms with Crippen LogP contribution in [-0.4, -0.2) is 9.55 Å². The molecule has 0 fully saturated rings. The van der Waals surface area contributed by atoms with Crippen LogP contribution in [0.5, 0.6) is 0 Å². The quantitative estimate of drug-likeness (QED) is 0.185. The first-order valence-electron chi connectivity index (χ1n) is 16.3. The summed E-state index contributed by atoms with van der Waals surface area (Å²) in [6.45, 7) is 0. The van der Waals surface area contributed by atoms with Crippen molar-refractivity contribution in [1.29, 1.82) is 0 Å². The maximum Gasteiger partial charge on any atom is 0.145 e. The van der Waals surface area contributed by atoms with Gasteiger partial charge in [-0.15, -0.1) is 0 Å². The minimum Gasteiger partial charge on any atom is -0.456 e. The molecule has 2 heterocycles. The highest BCUT2D eigenvalue weighted by Crippen LogP contribution is 2.48. The van der Waals surface area contributed by atoms with E-state index < -0.39 is 0 Å². The summed E-state index contributed by atoms with van der Waals surface area (Å²) in [6.07, 6.45) is 0. The van der Waals surface area contributed by atoms with Gasteiger partial charge in [-0.1, -0.05) is 140 Å². The summed E-state index contributed by atoms with van der Waals surface area (Å²) in [6, 6.07) is 60.2. The van der Waals surface area contributed by atoms with Crippen LogP contribution in [0.15, 0.2) is 174 Å². The van der Waals surface area contributed by atoms with Crippen LogP contribution in [0.4, 0.5) is 0 Å². The van der Waals surface area contributed by atoms with Crippen LogP contribution in [0.2, 0.25) is 0 Å². The molecule has 0 amide bonds. The first kappa shape index (κ1) is 26.7. The Labute approximate surface area is 277 Å². The summed E-state index contributed by atoms with van der Waals surface area (Å²) in [4.78, 5) is 5.18.